The van der Waals surface area contributed by atoms with Crippen molar-refractivity contribution in [3.05, 3.63) is 29.8 Å². The Hall–Kier alpha value is -1.39. The molecule has 1 aromatic carbocycles. The third kappa shape index (κ3) is 3.34. The average molecular weight is 209 g/mol. The molecule has 4 heteroatoms. The summed E-state index contributed by atoms with van der Waals surface area (Å²) < 4.78 is 10.1. The SMILES string of the molecule is COc1ccccc1C(=O)COCCN. The lowest BCUT2D eigenvalue weighted by atomic mass is 10.1. The summed E-state index contributed by atoms with van der Waals surface area (Å²) in [7, 11) is 1.53. The number of rotatable bonds is 6. The fraction of sp³-hybridized carbons (Fsp3) is 0.364. The molecule has 0 aliphatic heterocycles. The van der Waals surface area contributed by atoms with Crippen LogP contribution in [0.3, 0.4) is 0 Å². The van der Waals surface area contributed by atoms with E-state index in [4.69, 9.17) is 15.2 Å². The van der Waals surface area contributed by atoms with Gasteiger partial charge in [0.05, 0.1) is 19.3 Å². The van der Waals surface area contributed by atoms with Crippen molar-refractivity contribution in [1.82, 2.24) is 0 Å². The van der Waals surface area contributed by atoms with E-state index in [2.05, 4.69) is 0 Å². The second-order valence-electron chi connectivity index (χ2n) is 2.96. The van der Waals surface area contributed by atoms with Gasteiger partial charge in [-0.05, 0) is 12.1 Å². The van der Waals surface area contributed by atoms with Crippen LogP contribution in [0.4, 0.5) is 0 Å². The predicted octanol–water partition coefficient (Wildman–Crippen LogP) is 0.853. The normalized spacial score (nSPS) is 10.0. The number of ketones is 1. The third-order valence-corrected chi connectivity index (χ3v) is 1.90. The maximum Gasteiger partial charge on any atom is 0.192 e. The fourth-order valence-corrected chi connectivity index (χ4v) is 1.20. The highest BCUT2D eigenvalue weighted by molar-refractivity contribution is 5.99. The highest BCUT2D eigenvalue weighted by Crippen LogP contribution is 2.17. The van der Waals surface area contributed by atoms with Crippen LogP contribution in [0.15, 0.2) is 24.3 Å². The maximum absolute atomic E-state index is 11.7. The van der Waals surface area contributed by atoms with Crippen molar-refractivity contribution in [2.45, 2.75) is 0 Å². The summed E-state index contributed by atoms with van der Waals surface area (Å²) in [6.07, 6.45) is 0. The molecule has 0 saturated carbocycles. The number of carbonyl (C=O) groups is 1. The average Bonchev–Trinajstić information content (AvgIpc) is 2.29. The van der Waals surface area contributed by atoms with E-state index in [9.17, 15) is 4.79 Å². The van der Waals surface area contributed by atoms with E-state index in [1.165, 1.54) is 7.11 Å². The molecular weight excluding hydrogens is 194 g/mol. The van der Waals surface area contributed by atoms with Crippen LogP contribution in [0, 0.1) is 0 Å². The van der Waals surface area contributed by atoms with Crippen molar-refractivity contribution in [2.75, 3.05) is 26.9 Å². The van der Waals surface area contributed by atoms with Gasteiger partial charge in [-0.1, -0.05) is 12.1 Å². The first-order valence-corrected chi connectivity index (χ1v) is 4.73. The minimum absolute atomic E-state index is 0.0393. The van der Waals surface area contributed by atoms with E-state index in [1.54, 1.807) is 18.2 Å². The van der Waals surface area contributed by atoms with Crippen molar-refractivity contribution >= 4 is 5.78 Å². The lowest BCUT2D eigenvalue weighted by Gasteiger charge is -2.07. The second-order valence-corrected chi connectivity index (χ2v) is 2.96. The molecule has 0 radical (unpaired) electrons. The summed E-state index contributed by atoms with van der Waals surface area (Å²) >= 11 is 0. The van der Waals surface area contributed by atoms with Gasteiger partial charge in [0, 0.05) is 6.54 Å². The molecule has 2 N–H and O–H groups in total. The number of Topliss-reactive ketones (excluding diaryl/α,β-unsaturated/α-hetero) is 1. The summed E-state index contributed by atoms with van der Waals surface area (Å²) in [5, 5.41) is 0. The van der Waals surface area contributed by atoms with Crippen molar-refractivity contribution in [3.8, 4) is 5.75 Å². The molecular formula is C11H15NO3. The number of hydrogen-bond donors (Lipinski definition) is 1. The first-order valence-electron chi connectivity index (χ1n) is 4.73. The number of methoxy groups -OCH3 is 1. The third-order valence-electron chi connectivity index (χ3n) is 1.90. The number of benzene rings is 1. The van der Waals surface area contributed by atoms with E-state index < -0.39 is 0 Å². The molecule has 0 aromatic heterocycles. The number of nitrogens with two attached hydrogens (primary N) is 1. The number of para-hydroxylation sites is 1. The summed E-state index contributed by atoms with van der Waals surface area (Å²) in [6, 6.07) is 7.07. The molecule has 0 saturated heterocycles. The van der Waals surface area contributed by atoms with Crippen LogP contribution in [-0.2, 0) is 4.74 Å². The molecule has 15 heavy (non-hydrogen) atoms. The van der Waals surface area contributed by atoms with Crippen LogP contribution in [0.5, 0.6) is 5.75 Å². The Morgan fingerprint density at radius 3 is 2.80 bits per heavy atom. The molecule has 1 rings (SSSR count). The van der Waals surface area contributed by atoms with E-state index in [-0.39, 0.29) is 12.4 Å². The van der Waals surface area contributed by atoms with Crippen molar-refractivity contribution < 1.29 is 14.3 Å². The zero-order valence-corrected chi connectivity index (χ0v) is 8.73. The Morgan fingerprint density at radius 2 is 2.13 bits per heavy atom. The quantitative estimate of drug-likeness (QED) is 0.557. The van der Waals surface area contributed by atoms with Gasteiger partial charge in [-0.25, -0.2) is 0 Å². The molecule has 0 amide bonds. The minimum atomic E-state index is -0.0964. The minimum Gasteiger partial charge on any atom is -0.496 e. The Morgan fingerprint density at radius 1 is 1.40 bits per heavy atom. The maximum atomic E-state index is 11.7. The van der Waals surface area contributed by atoms with Crippen LogP contribution in [-0.4, -0.2) is 32.7 Å². The monoisotopic (exact) mass is 209 g/mol. The number of hydrogen-bond acceptors (Lipinski definition) is 4. The Kier molecular flexibility index (Phi) is 4.80. The largest absolute Gasteiger partial charge is 0.496 e. The highest BCUT2D eigenvalue weighted by atomic mass is 16.5. The Labute approximate surface area is 89.0 Å². The molecule has 0 fully saturated rings. The zero-order chi connectivity index (χ0) is 11.1. The molecule has 1 aromatic rings. The molecule has 0 aliphatic rings. The topological polar surface area (TPSA) is 61.5 Å². The second kappa shape index (κ2) is 6.16. The van der Waals surface area contributed by atoms with Crippen molar-refractivity contribution in [3.63, 3.8) is 0 Å². The van der Waals surface area contributed by atoms with Gasteiger partial charge < -0.3 is 15.2 Å². The first kappa shape index (κ1) is 11.7. The van der Waals surface area contributed by atoms with Crippen LogP contribution in [0.25, 0.3) is 0 Å². The van der Waals surface area contributed by atoms with Gasteiger partial charge in [-0.15, -0.1) is 0 Å². The Bertz CT molecular complexity index is 325. The summed E-state index contributed by atoms with van der Waals surface area (Å²) in [5.41, 5.74) is 5.79. The number of carbonyl (C=O) groups excluding carboxylic acids is 1. The smallest absolute Gasteiger partial charge is 0.192 e. The highest BCUT2D eigenvalue weighted by Gasteiger charge is 2.10. The van der Waals surface area contributed by atoms with Gasteiger partial charge in [-0.3, -0.25) is 4.79 Å². The first-order chi connectivity index (χ1) is 7.29. The van der Waals surface area contributed by atoms with E-state index >= 15 is 0 Å². The Balaban J connectivity index is 2.64. The van der Waals surface area contributed by atoms with E-state index in [0.717, 1.165) is 0 Å². The molecule has 0 heterocycles. The zero-order valence-electron chi connectivity index (χ0n) is 8.73. The van der Waals surface area contributed by atoms with Crippen molar-refractivity contribution in [2.24, 2.45) is 5.73 Å². The lowest BCUT2D eigenvalue weighted by molar-refractivity contribution is 0.0771. The van der Waals surface area contributed by atoms with Gasteiger partial charge in [0.1, 0.15) is 12.4 Å². The standard InChI is InChI=1S/C11H15NO3/c1-14-11-5-3-2-4-9(11)10(13)8-15-7-6-12/h2-5H,6-8,12H2,1H3. The molecule has 0 unspecified atom stereocenters. The van der Waals surface area contributed by atoms with Crippen LogP contribution in [0.1, 0.15) is 10.4 Å². The summed E-state index contributed by atoms with van der Waals surface area (Å²) in [4.78, 5) is 11.7. The fourth-order valence-electron chi connectivity index (χ4n) is 1.20. The molecule has 0 bridgehead atoms. The van der Waals surface area contributed by atoms with Crippen LogP contribution >= 0.6 is 0 Å². The molecule has 0 spiro atoms. The molecule has 82 valence electrons. The lowest BCUT2D eigenvalue weighted by Crippen LogP contribution is -2.15. The van der Waals surface area contributed by atoms with Crippen LogP contribution < -0.4 is 10.5 Å². The van der Waals surface area contributed by atoms with E-state index in [1.807, 2.05) is 6.07 Å². The van der Waals surface area contributed by atoms with Crippen molar-refractivity contribution in [1.29, 1.82) is 0 Å². The predicted molar refractivity (Wildman–Crippen MR) is 57.2 cm³/mol. The van der Waals surface area contributed by atoms with Gasteiger partial charge >= 0.3 is 0 Å². The van der Waals surface area contributed by atoms with E-state index in [0.29, 0.717) is 24.5 Å². The molecule has 4 nitrogen and oxygen atoms in total. The summed E-state index contributed by atoms with van der Waals surface area (Å²) in [6.45, 7) is 0.845. The summed E-state index contributed by atoms with van der Waals surface area (Å²) in [5.74, 6) is 0.472. The van der Waals surface area contributed by atoms with Gasteiger partial charge in [0.15, 0.2) is 5.78 Å². The van der Waals surface area contributed by atoms with Gasteiger partial charge in [0.25, 0.3) is 0 Å². The number of ether oxygens (including phenoxy) is 2. The molecule has 0 aliphatic carbocycles. The molecule has 0 atom stereocenters. The van der Waals surface area contributed by atoms with Gasteiger partial charge in [0.2, 0.25) is 0 Å². The van der Waals surface area contributed by atoms with Gasteiger partial charge in [-0.2, -0.15) is 0 Å². The van der Waals surface area contributed by atoms with Crippen LogP contribution in [0.2, 0.25) is 0 Å².